The third-order valence-corrected chi connectivity index (χ3v) is 1.66. The molecule has 1 saturated heterocycles. The zero-order chi connectivity index (χ0) is 7.40. The van der Waals surface area contributed by atoms with Crippen molar-refractivity contribution in [3.05, 3.63) is 0 Å². The summed E-state index contributed by atoms with van der Waals surface area (Å²) in [6.07, 6.45) is 0.772. The number of aliphatic hydroxyl groups excluding tert-OH is 1. The van der Waals surface area contributed by atoms with Crippen molar-refractivity contribution >= 4 is 0 Å². The molecule has 3 heteroatoms. The Kier molecular flexibility index (Phi) is 3.12. The van der Waals surface area contributed by atoms with Gasteiger partial charge in [0.15, 0.2) is 0 Å². The van der Waals surface area contributed by atoms with E-state index in [2.05, 4.69) is 4.90 Å². The first-order valence-corrected chi connectivity index (χ1v) is 3.73. The molecule has 0 aromatic carbocycles. The standard InChI is InChI=1S/C7H15NO2/c1-8-3-2-4-10-6-7(9)5-8/h7,9H,2-6H2,1H3. The monoisotopic (exact) mass is 145 g/mol. The Labute approximate surface area is 61.6 Å². The Morgan fingerprint density at radius 1 is 1.60 bits per heavy atom. The van der Waals surface area contributed by atoms with Crippen LogP contribution >= 0.6 is 0 Å². The first-order chi connectivity index (χ1) is 4.79. The highest BCUT2D eigenvalue weighted by atomic mass is 16.5. The van der Waals surface area contributed by atoms with Crippen LogP contribution in [0.5, 0.6) is 0 Å². The maximum atomic E-state index is 9.22. The molecule has 1 fully saturated rings. The SMILES string of the molecule is CN1CCCOCC(O)C1. The van der Waals surface area contributed by atoms with Gasteiger partial charge in [-0.1, -0.05) is 0 Å². The van der Waals surface area contributed by atoms with Gasteiger partial charge in [0.05, 0.1) is 12.7 Å². The number of nitrogens with zero attached hydrogens (tertiary/aromatic N) is 1. The van der Waals surface area contributed by atoms with Gasteiger partial charge in [-0.25, -0.2) is 0 Å². The summed E-state index contributed by atoms with van der Waals surface area (Å²) in [5.41, 5.74) is 0. The van der Waals surface area contributed by atoms with Gasteiger partial charge < -0.3 is 14.7 Å². The summed E-state index contributed by atoms with van der Waals surface area (Å²) in [6, 6.07) is 0. The van der Waals surface area contributed by atoms with Crippen molar-refractivity contribution in [2.24, 2.45) is 0 Å². The van der Waals surface area contributed by atoms with Crippen molar-refractivity contribution in [2.75, 3.05) is 33.4 Å². The van der Waals surface area contributed by atoms with Gasteiger partial charge >= 0.3 is 0 Å². The van der Waals surface area contributed by atoms with Gasteiger partial charge in [0.1, 0.15) is 0 Å². The van der Waals surface area contributed by atoms with E-state index in [9.17, 15) is 5.11 Å². The number of ether oxygens (including phenoxy) is 1. The lowest BCUT2D eigenvalue weighted by Crippen LogP contribution is -2.35. The molecular weight excluding hydrogens is 130 g/mol. The van der Waals surface area contributed by atoms with Gasteiger partial charge in [-0.15, -0.1) is 0 Å². The van der Waals surface area contributed by atoms with Gasteiger partial charge in [-0.3, -0.25) is 0 Å². The third kappa shape index (κ3) is 2.64. The summed E-state index contributed by atoms with van der Waals surface area (Å²) in [5.74, 6) is 0. The van der Waals surface area contributed by atoms with Crippen LogP contribution in [0.3, 0.4) is 0 Å². The molecule has 0 spiro atoms. The van der Waals surface area contributed by atoms with E-state index in [1.165, 1.54) is 0 Å². The van der Waals surface area contributed by atoms with Crippen LogP contribution in [0.1, 0.15) is 6.42 Å². The number of aliphatic hydroxyl groups is 1. The maximum absolute atomic E-state index is 9.22. The molecule has 0 amide bonds. The molecule has 1 aliphatic rings. The third-order valence-electron chi connectivity index (χ3n) is 1.66. The normalized spacial score (nSPS) is 31.2. The van der Waals surface area contributed by atoms with Crippen molar-refractivity contribution in [3.8, 4) is 0 Å². The second-order valence-corrected chi connectivity index (χ2v) is 2.84. The molecule has 60 valence electrons. The summed E-state index contributed by atoms with van der Waals surface area (Å²) >= 11 is 0. The van der Waals surface area contributed by atoms with E-state index < -0.39 is 0 Å². The lowest BCUT2D eigenvalue weighted by atomic mass is 10.3. The Balaban J connectivity index is 2.25. The number of rotatable bonds is 0. The summed E-state index contributed by atoms with van der Waals surface area (Å²) < 4.78 is 5.16. The van der Waals surface area contributed by atoms with Gasteiger partial charge in [0.2, 0.25) is 0 Å². The predicted molar refractivity (Wildman–Crippen MR) is 38.9 cm³/mol. The van der Waals surface area contributed by atoms with Crippen LogP contribution in [0.2, 0.25) is 0 Å². The molecule has 1 rings (SSSR count). The van der Waals surface area contributed by atoms with E-state index in [1.807, 2.05) is 7.05 Å². The van der Waals surface area contributed by atoms with Gasteiger partial charge in [0.25, 0.3) is 0 Å². The van der Waals surface area contributed by atoms with E-state index >= 15 is 0 Å². The average Bonchev–Trinajstić information content (AvgIpc) is 1.83. The topological polar surface area (TPSA) is 32.7 Å². The average molecular weight is 145 g/mol. The molecule has 0 bridgehead atoms. The summed E-state index contributed by atoms with van der Waals surface area (Å²) in [5, 5.41) is 9.22. The smallest absolute Gasteiger partial charge is 0.0900 e. The predicted octanol–water partition coefficient (Wildman–Crippen LogP) is -0.301. The number of β-amino-alcohol motifs (C(OH)–C–C–N with tert-alkyl or cyclic N) is 1. The molecule has 0 aromatic heterocycles. The Hall–Kier alpha value is -0.120. The second kappa shape index (κ2) is 3.91. The Morgan fingerprint density at radius 2 is 2.40 bits per heavy atom. The van der Waals surface area contributed by atoms with Crippen molar-refractivity contribution in [1.82, 2.24) is 4.90 Å². The van der Waals surface area contributed by atoms with Crippen molar-refractivity contribution in [1.29, 1.82) is 0 Å². The largest absolute Gasteiger partial charge is 0.389 e. The number of hydrogen-bond acceptors (Lipinski definition) is 3. The van der Waals surface area contributed by atoms with Crippen LogP contribution in [-0.4, -0.2) is 49.5 Å². The summed E-state index contributed by atoms with van der Waals surface area (Å²) in [7, 11) is 2.02. The molecular formula is C7H15NO2. The highest BCUT2D eigenvalue weighted by Crippen LogP contribution is 1.97. The zero-order valence-corrected chi connectivity index (χ0v) is 6.42. The fraction of sp³-hybridized carbons (Fsp3) is 1.00. The Morgan fingerprint density at radius 3 is 3.20 bits per heavy atom. The fourth-order valence-corrected chi connectivity index (χ4v) is 1.16. The van der Waals surface area contributed by atoms with Crippen molar-refractivity contribution in [3.63, 3.8) is 0 Å². The molecule has 0 aromatic rings. The van der Waals surface area contributed by atoms with Crippen molar-refractivity contribution < 1.29 is 9.84 Å². The highest BCUT2D eigenvalue weighted by molar-refractivity contribution is 4.62. The molecule has 1 heterocycles. The molecule has 1 atom stereocenters. The minimum Gasteiger partial charge on any atom is -0.389 e. The van der Waals surface area contributed by atoms with E-state index in [0.29, 0.717) is 6.61 Å². The molecule has 0 radical (unpaired) electrons. The molecule has 1 unspecified atom stereocenters. The van der Waals surface area contributed by atoms with E-state index in [1.54, 1.807) is 0 Å². The van der Waals surface area contributed by atoms with Crippen LogP contribution in [0.25, 0.3) is 0 Å². The number of likely N-dealkylation sites (N-methyl/N-ethyl adjacent to an activating group) is 1. The first kappa shape index (κ1) is 7.98. The Bertz CT molecular complexity index is 87.6. The van der Waals surface area contributed by atoms with Crippen LogP contribution in [0.4, 0.5) is 0 Å². The van der Waals surface area contributed by atoms with E-state index in [0.717, 1.165) is 26.1 Å². The minimum absolute atomic E-state index is 0.301. The summed E-state index contributed by atoms with van der Waals surface area (Å²) in [4.78, 5) is 2.13. The van der Waals surface area contributed by atoms with E-state index in [-0.39, 0.29) is 6.10 Å². The fourth-order valence-electron chi connectivity index (χ4n) is 1.16. The van der Waals surface area contributed by atoms with Crippen LogP contribution in [-0.2, 0) is 4.74 Å². The molecule has 0 aliphatic carbocycles. The molecule has 3 nitrogen and oxygen atoms in total. The molecule has 10 heavy (non-hydrogen) atoms. The molecule has 1 N–H and O–H groups in total. The van der Waals surface area contributed by atoms with Crippen LogP contribution in [0, 0.1) is 0 Å². The first-order valence-electron chi connectivity index (χ1n) is 3.73. The van der Waals surface area contributed by atoms with Crippen LogP contribution < -0.4 is 0 Å². The maximum Gasteiger partial charge on any atom is 0.0900 e. The lowest BCUT2D eigenvalue weighted by Gasteiger charge is -2.23. The molecule has 0 saturated carbocycles. The highest BCUT2D eigenvalue weighted by Gasteiger charge is 2.10. The van der Waals surface area contributed by atoms with E-state index in [4.69, 9.17) is 4.74 Å². The molecule has 1 aliphatic heterocycles. The van der Waals surface area contributed by atoms with Crippen LogP contribution in [0.15, 0.2) is 0 Å². The summed E-state index contributed by atoms with van der Waals surface area (Å²) in [6.45, 7) is 3.03. The zero-order valence-electron chi connectivity index (χ0n) is 6.42. The lowest BCUT2D eigenvalue weighted by molar-refractivity contribution is 0.00169. The van der Waals surface area contributed by atoms with Crippen molar-refractivity contribution in [2.45, 2.75) is 12.5 Å². The van der Waals surface area contributed by atoms with Gasteiger partial charge in [0, 0.05) is 19.7 Å². The van der Waals surface area contributed by atoms with Gasteiger partial charge in [-0.05, 0) is 13.5 Å². The number of hydrogen-bond donors (Lipinski definition) is 1. The quantitative estimate of drug-likeness (QED) is 0.508. The van der Waals surface area contributed by atoms with Gasteiger partial charge in [-0.2, -0.15) is 0 Å². The minimum atomic E-state index is -0.301. The second-order valence-electron chi connectivity index (χ2n) is 2.84.